The normalized spacial score (nSPS) is 22.5. The van der Waals surface area contributed by atoms with Gasteiger partial charge in [-0.15, -0.1) is 0 Å². The molecule has 0 aliphatic carbocycles. The maximum Gasteiger partial charge on any atom is 0.173 e. The molecule has 2 saturated heterocycles. The van der Waals surface area contributed by atoms with Crippen molar-refractivity contribution in [3.8, 4) is 0 Å². The van der Waals surface area contributed by atoms with Crippen LogP contribution in [0.15, 0.2) is 24.3 Å². The van der Waals surface area contributed by atoms with E-state index in [4.69, 9.17) is 28.6 Å². The molecular weight excluding hydrogens is 342 g/mol. The second-order valence-corrected chi connectivity index (χ2v) is 7.58. The lowest BCUT2D eigenvalue weighted by atomic mass is 10.0. The zero-order valence-corrected chi connectivity index (χ0v) is 15.8. The second kappa shape index (κ2) is 8.48. The molecule has 2 fully saturated rings. The van der Waals surface area contributed by atoms with Crippen molar-refractivity contribution < 1.29 is 4.74 Å². The van der Waals surface area contributed by atoms with Crippen LogP contribution in [0, 0.1) is 0 Å². The third-order valence-corrected chi connectivity index (χ3v) is 5.50. The predicted molar refractivity (Wildman–Crippen MR) is 104 cm³/mol. The number of piperidine rings is 1. The molecule has 24 heavy (non-hydrogen) atoms. The SMILES string of the molecule is CN1CCC(N(CC2CCCO2)C(=S)Nc2ccc(Cl)cc2)CC1. The molecule has 132 valence electrons. The Hall–Kier alpha value is -0.880. The Balaban J connectivity index is 1.67. The highest BCUT2D eigenvalue weighted by molar-refractivity contribution is 7.80. The number of rotatable bonds is 4. The van der Waals surface area contributed by atoms with Gasteiger partial charge in [0, 0.05) is 29.9 Å². The van der Waals surface area contributed by atoms with Gasteiger partial charge in [-0.05, 0) is 82.3 Å². The number of likely N-dealkylation sites (tertiary alicyclic amines) is 1. The molecule has 1 N–H and O–H groups in total. The summed E-state index contributed by atoms with van der Waals surface area (Å²) in [4.78, 5) is 4.74. The molecule has 2 aliphatic heterocycles. The number of nitrogens with zero attached hydrogens (tertiary/aromatic N) is 2. The standard InChI is InChI=1S/C18H26ClN3OS/c1-21-10-8-16(9-11-21)22(13-17-3-2-12-23-17)18(24)20-15-6-4-14(19)5-7-15/h4-7,16-17H,2-3,8-13H2,1H3,(H,20,24). The largest absolute Gasteiger partial charge is 0.376 e. The van der Waals surface area contributed by atoms with Crippen molar-refractivity contribution in [3.05, 3.63) is 29.3 Å². The average molecular weight is 368 g/mol. The van der Waals surface area contributed by atoms with Crippen LogP contribution in [-0.2, 0) is 4.74 Å². The Morgan fingerprint density at radius 1 is 1.29 bits per heavy atom. The van der Waals surface area contributed by atoms with E-state index in [9.17, 15) is 0 Å². The molecule has 6 heteroatoms. The Kier molecular flexibility index (Phi) is 6.33. The average Bonchev–Trinajstić information content (AvgIpc) is 3.09. The Morgan fingerprint density at radius 2 is 2.00 bits per heavy atom. The van der Waals surface area contributed by atoms with Gasteiger partial charge in [-0.2, -0.15) is 0 Å². The summed E-state index contributed by atoms with van der Waals surface area (Å²) < 4.78 is 5.85. The van der Waals surface area contributed by atoms with Gasteiger partial charge in [0.05, 0.1) is 6.10 Å². The summed E-state index contributed by atoms with van der Waals surface area (Å²) in [6.45, 7) is 4.00. The number of thiocarbonyl (C=S) groups is 1. The summed E-state index contributed by atoms with van der Waals surface area (Å²) >= 11 is 11.7. The zero-order valence-electron chi connectivity index (χ0n) is 14.2. The third-order valence-electron chi connectivity index (χ3n) is 4.91. The van der Waals surface area contributed by atoms with Crippen LogP contribution in [0.25, 0.3) is 0 Å². The van der Waals surface area contributed by atoms with Crippen molar-refractivity contribution in [2.24, 2.45) is 0 Å². The van der Waals surface area contributed by atoms with Gasteiger partial charge in [0.1, 0.15) is 0 Å². The fourth-order valence-electron chi connectivity index (χ4n) is 3.44. The molecule has 3 rings (SSSR count). The van der Waals surface area contributed by atoms with Gasteiger partial charge < -0.3 is 19.9 Å². The molecule has 2 aliphatic rings. The minimum absolute atomic E-state index is 0.301. The van der Waals surface area contributed by atoms with E-state index in [-0.39, 0.29) is 0 Å². The van der Waals surface area contributed by atoms with Crippen molar-refractivity contribution in [1.29, 1.82) is 0 Å². The molecule has 0 aromatic heterocycles. The van der Waals surface area contributed by atoms with Crippen molar-refractivity contribution in [1.82, 2.24) is 9.80 Å². The predicted octanol–water partition coefficient (Wildman–Crippen LogP) is 3.61. The zero-order chi connectivity index (χ0) is 16.9. The van der Waals surface area contributed by atoms with E-state index in [1.165, 1.54) is 0 Å². The van der Waals surface area contributed by atoms with Crippen molar-refractivity contribution in [2.45, 2.75) is 37.8 Å². The lowest BCUT2D eigenvalue weighted by Gasteiger charge is -2.39. The summed E-state index contributed by atoms with van der Waals surface area (Å²) in [5.41, 5.74) is 0.981. The first-order valence-corrected chi connectivity index (χ1v) is 9.54. The highest BCUT2D eigenvalue weighted by Gasteiger charge is 2.28. The van der Waals surface area contributed by atoms with Gasteiger partial charge in [-0.3, -0.25) is 0 Å². The van der Waals surface area contributed by atoms with E-state index in [1.807, 2.05) is 24.3 Å². The van der Waals surface area contributed by atoms with Crippen LogP contribution in [0.3, 0.4) is 0 Å². The number of hydrogen-bond donors (Lipinski definition) is 1. The van der Waals surface area contributed by atoms with E-state index in [2.05, 4.69) is 22.2 Å². The first-order valence-electron chi connectivity index (χ1n) is 8.75. The summed E-state index contributed by atoms with van der Waals surface area (Å²) in [5.74, 6) is 0. The van der Waals surface area contributed by atoms with Crippen LogP contribution in [0.1, 0.15) is 25.7 Å². The number of halogens is 1. The van der Waals surface area contributed by atoms with Crippen LogP contribution in [-0.4, -0.2) is 60.3 Å². The molecule has 2 heterocycles. The van der Waals surface area contributed by atoms with Gasteiger partial charge in [-0.25, -0.2) is 0 Å². The molecular formula is C18H26ClN3OS. The minimum atomic E-state index is 0.301. The first kappa shape index (κ1) is 17.9. The fourth-order valence-corrected chi connectivity index (χ4v) is 3.91. The minimum Gasteiger partial charge on any atom is -0.376 e. The molecule has 0 spiro atoms. The van der Waals surface area contributed by atoms with Crippen LogP contribution in [0.2, 0.25) is 5.02 Å². The van der Waals surface area contributed by atoms with Crippen LogP contribution < -0.4 is 5.32 Å². The van der Waals surface area contributed by atoms with Gasteiger partial charge in [0.2, 0.25) is 0 Å². The summed E-state index contributed by atoms with van der Waals surface area (Å²) in [5, 5.41) is 4.91. The summed E-state index contributed by atoms with van der Waals surface area (Å²) in [7, 11) is 2.19. The van der Waals surface area contributed by atoms with Gasteiger partial charge in [0.15, 0.2) is 5.11 Å². The number of nitrogens with one attached hydrogen (secondary N) is 1. The highest BCUT2D eigenvalue weighted by Crippen LogP contribution is 2.22. The maximum atomic E-state index is 5.97. The molecule has 0 amide bonds. The monoisotopic (exact) mass is 367 g/mol. The van der Waals surface area contributed by atoms with E-state index in [0.29, 0.717) is 12.1 Å². The maximum absolute atomic E-state index is 5.97. The third kappa shape index (κ3) is 4.82. The molecule has 1 atom stereocenters. The second-order valence-electron chi connectivity index (χ2n) is 6.76. The van der Waals surface area contributed by atoms with Gasteiger partial charge >= 0.3 is 0 Å². The number of hydrogen-bond acceptors (Lipinski definition) is 3. The molecule has 0 radical (unpaired) electrons. The number of ether oxygens (including phenoxy) is 1. The Labute approximate surface area is 155 Å². The smallest absolute Gasteiger partial charge is 0.173 e. The first-order chi connectivity index (χ1) is 11.6. The molecule has 1 unspecified atom stereocenters. The lowest BCUT2D eigenvalue weighted by Crippen LogP contribution is -2.50. The van der Waals surface area contributed by atoms with Crippen molar-refractivity contribution in [3.63, 3.8) is 0 Å². The quantitative estimate of drug-likeness (QED) is 0.820. The van der Waals surface area contributed by atoms with Crippen LogP contribution >= 0.6 is 23.8 Å². The summed E-state index contributed by atoms with van der Waals surface area (Å²) in [6, 6.07) is 8.18. The molecule has 4 nitrogen and oxygen atoms in total. The molecule has 0 bridgehead atoms. The van der Waals surface area contributed by atoms with E-state index >= 15 is 0 Å². The Morgan fingerprint density at radius 3 is 2.62 bits per heavy atom. The van der Waals surface area contributed by atoms with Crippen molar-refractivity contribution >= 4 is 34.6 Å². The topological polar surface area (TPSA) is 27.7 Å². The van der Waals surface area contributed by atoms with E-state index < -0.39 is 0 Å². The highest BCUT2D eigenvalue weighted by atomic mass is 35.5. The van der Waals surface area contributed by atoms with E-state index in [1.54, 1.807) is 0 Å². The number of benzene rings is 1. The van der Waals surface area contributed by atoms with Gasteiger partial charge in [-0.1, -0.05) is 11.6 Å². The molecule has 1 aromatic rings. The number of anilines is 1. The van der Waals surface area contributed by atoms with Crippen molar-refractivity contribution in [2.75, 3.05) is 38.6 Å². The summed E-state index contributed by atoms with van der Waals surface area (Å²) in [6.07, 6.45) is 4.88. The molecule has 1 aromatic carbocycles. The van der Waals surface area contributed by atoms with E-state index in [0.717, 1.165) is 67.7 Å². The fraction of sp³-hybridized carbons (Fsp3) is 0.611. The molecule has 0 saturated carbocycles. The Bertz CT molecular complexity index is 540. The van der Waals surface area contributed by atoms with Crippen LogP contribution in [0.4, 0.5) is 5.69 Å². The lowest BCUT2D eigenvalue weighted by molar-refractivity contribution is 0.0724. The van der Waals surface area contributed by atoms with Gasteiger partial charge in [0.25, 0.3) is 0 Å². The van der Waals surface area contributed by atoms with Crippen LogP contribution in [0.5, 0.6) is 0 Å².